The SMILES string of the molecule is CCC1CC(NC(=O)c2cc(-c3ccccc3)no2)C1.N#Cc1ccc(OCC2CC(NC(=O)c3cc(-c4ccccc4)no3)C2)cc1.[C-]#[N+]c1ccc(O)cc1. The summed E-state index contributed by atoms with van der Waals surface area (Å²) in [5, 5.41) is 31.4. The molecule has 0 aliphatic heterocycles. The van der Waals surface area contributed by atoms with Crippen LogP contribution in [0.3, 0.4) is 0 Å². The average molecular weight is 763 g/mol. The molecule has 0 atom stereocenters. The number of phenolic OH excluding ortho intramolecular Hbond substituents is 1. The number of ether oxygens (including phenoxy) is 1. The molecule has 0 bridgehead atoms. The summed E-state index contributed by atoms with van der Waals surface area (Å²) < 4.78 is 16.1. The van der Waals surface area contributed by atoms with E-state index < -0.39 is 0 Å². The van der Waals surface area contributed by atoms with Gasteiger partial charge < -0.3 is 29.5 Å². The van der Waals surface area contributed by atoms with E-state index in [9.17, 15) is 9.59 Å². The van der Waals surface area contributed by atoms with Crippen molar-refractivity contribution in [3.63, 3.8) is 0 Å². The monoisotopic (exact) mass is 762 g/mol. The van der Waals surface area contributed by atoms with E-state index in [1.165, 1.54) is 18.6 Å². The van der Waals surface area contributed by atoms with Crippen LogP contribution >= 0.6 is 0 Å². The van der Waals surface area contributed by atoms with Crippen LogP contribution in [0.2, 0.25) is 0 Å². The molecule has 6 aromatic rings. The van der Waals surface area contributed by atoms with Crippen LogP contribution < -0.4 is 15.4 Å². The van der Waals surface area contributed by atoms with E-state index in [1.54, 1.807) is 48.5 Å². The number of carbonyl (C=O) groups is 2. The number of carbonyl (C=O) groups excluding carboxylic acids is 2. The Morgan fingerprint density at radius 1 is 0.772 bits per heavy atom. The molecule has 0 radical (unpaired) electrons. The topological polar surface area (TPSA) is 168 Å². The van der Waals surface area contributed by atoms with Gasteiger partial charge >= 0.3 is 0 Å². The normalized spacial score (nSPS) is 17.6. The van der Waals surface area contributed by atoms with E-state index in [2.05, 4.69) is 38.8 Å². The largest absolute Gasteiger partial charge is 0.508 e. The molecule has 2 aromatic heterocycles. The number of nitrogens with zero attached hydrogens (tertiary/aromatic N) is 4. The van der Waals surface area contributed by atoms with Crippen molar-refractivity contribution in [1.29, 1.82) is 5.26 Å². The highest BCUT2D eigenvalue weighted by Gasteiger charge is 2.32. The van der Waals surface area contributed by atoms with Crippen LogP contribution in [0.15, 0.2) is 130 Å². The molecular formula is C45H42N6O6. The number of benzene rings is 4. The van der Waals surface area contributed by atoms with Crippen LogP contribution in [-0.2, 0) is 0 Å². The Balaban J connectivity index is 0.000000164. The number of amides is 2. The quantitative estimate of drug-likeness (QED) is 0.115. The second-order valence-electron chi connectivity index (χ2n) is 13.9. The zero-order valence-electron chi connectivity index (χ0n) is 31.4. The third kappa shape index (κ3) is 11.2. The van der Waals surface area contributed by atoms with Crippen molar-refractivity contribution in [3.05, 3.63) is 150 Å². The Morgan fingerprint density at radius 3 is 1.72 bits per heavy atom. The van der Waals surface area contributed by atoms with E-state index in [-0.39, 0.29) is 41.2 Å². The van der Waals surface area contributed by atoms with Gasteiger partial charge in [0, 0.05) is 35.3 Å². The average Bonchev–Trinajstić information content (AvgIpc) is 3.93. The van der Waals surface area contributed by atoms with E-state index in [0.29, 0.717) is 35.2 Å². The van der Waals surface area contributed by atoms with Gasteiger partial charge in [-0.25, -0.2) is 4.85 Å². The molecule has 8 rings (SSSR count). The highest BCUT2D eigenvalue weighted by molar-refractivity contribution is 5.93. The number of aromatic hydroxyl groups is 1. The van der Waals surface area contributed by atoms with Crippen molar-refractivity contribution < 1.29 is 28.5 Å². The first-order valence-electron chi connectivity index (χ1n) is 18.8. The van der Waals surface area contributed by atoms with Gasteiger partial charge in [0.1, 0.15) is 22.9 Å². The Labute approximate surface area is 330 Å². The van der Waals surface area contributed by atoms with Gasteiger partial charge in [-0.2, -0.15) is 5.26 Å². The van der Waals surface area contributed by atoms with Crippen LogP contribution in [0.5, 0.6) is 11.5 Å². The molecule has 57 heavy (non-hydrogen) atoms. The molecule has 288 valence electrons. The van der Waals surface area contributed by atoms with Crippen molar-refractivity contribution in [2.24, 2.45) is 11.8 Å². The van der Waals surface area contributed by atoms with Crippen molar-refractivity contribution in [1.82, 2.24) is 20.9 Å². The molecule has 3 N–H and O–H groups in total. The molecule has 0 spiro atoms. The lowest BCUT2D eigenvalue weighted by Crippen LogP contribution is -2.45. The highest BCUT2D eigenvalue weighted by atomic mass is 16.5. The van der Waals surface area contributed by atoms with E-state index in [4.69, 9.17) is 30.7 Å². The smallest absolute Gasteiger partial charge is 0.290 e. The summed E-state index contributed by atoms with van der Waals surface area (Å²) in [6.45, 7) is 9.34. The predicted molar refractivity (Wildman–Crippen MR) is 213 cm³/mol. The zero-order valence-corrected chi connectivity index (χ0v) is 31.4. The predicted octanol–water partition coefficient (Wildman–Crippen LogP) is 9.00. The van der Waals surface area contributed by atoms with Crippen LogP contribution in [0, 0.1) is 29.7 Å². The van der Waals surface area contributed by atoms with E-state index >= 15 is 0 Å². The number of nitrogens with one attached hydrogen (secondary N) is 2. The van der Waals surface area contributed by atoms with Crippen molar-refractivity contribution in [2.75, 3.05) is 6.61 Å². The van der Waals surface area contributed by atoms with Gasteiger partial charge in [-0.15, -0.1) is 0 Å². The van der Waals surface area contributed by atoms with Gasteiger partial charge in [0.15, 0.2) is 5.69 Å². The van der Waals surface area contributed by atoms with Gasteiger partial charge in [-0.05, 0) is 73.9 Å². The van der Waals surface area contributed by atoms with Crippen molar-refractivity contribution in [2.45, 2.75) is 51.1 Å². The standard InChI is InChI=1S/C22H19N3O3.C16H18N2O2.C7H5NO/c23-13-15-6-8-19(9-7-15)27-14-16-10-18(11-16)24-22(26)21-12-20(25-28-21)17-4-2-1-3-5-17;1-2-11-8-13(9-11)17-16(19)15-10-14(18-20-15)12-6-4-3-5-7-12;1-8-6-2-4-7(9)5-3-6/h1-9,12,16,18H,10-11,14H2,(H,24,26);3-7,10-11,13H,2,8-9H2,1H3,(H,17,19);2-5,9H. The minimum Gasteiger partial charge on any atom is -0.508 e. The Morgan fingerprint density at radius 2 is 1.26 bits per heavy atom. The second kappa shape index (κ2) is 19.4. The Bertz CT molecular complexity index is 2280. The van der Waals surface area contributed by atoms with Gasteiger partial charge in [-0.3, -0.25) is 9.59 Å². The number of hydrogen-bond acceptors (Lipinski definition) is 9. The number of phenols is 1. The number of rotatable bonds is 10. The summed E-state index contributed by atoms with van der Waals surface area (Å²) in [7, 11) is 0. The summed E-state index contributed by atoms with van der Waals surface area (Å²) in [5.41, 5.74) is 4.36. The van der Waals surface area contributed by atoms with Gasteiger partial charge in [0.25, 0.3) is 11.8 Å². The van der Waals surface area contributed by atoms with Crippen molar-refractivity contribution >= 4 is 17.5 Å². The third-order valence-corrected chi connectivity index (χ3v) is 9.77. The third-order valence-electron chi connectivity index (χ3n) is 9.77. The summed E-state index contributed by atoms with van der Waals surface area (Å²) in [4.78, 5) is 27.5. The highest BCUT2D eigenvalue weighted by Crippen LogP contribution is 2.31. The fourth-order valence-corrected chi connectivity index (χ4v) is 6.31. The summed E-state index contributed by atoms with van der Waals surface area (Å²) in [5.74, 6) is 2.19. The summed E-state index contributed by atoms with van der Waals surface area (Å²) >= 11 is 0. The summed E-state index contributed by atoms with van der Waals surface area (Å²) in [6.07, 6.45) is 5.06. The lowest BCUT2D eigenvalue weighted by atomic mass is 9.78. The summed E-state index contributed by atoms with van der Waals surface area (Å²) in [6, 6.07) is 38.3. The van der Waals surface area contributed by atoms with Gasteiger partial charge in [0.2, 0.25) is 11.5 Å². The molecule has 2 saturated carbocycles. The van der Waals surface area contributed by atoms with Crippen molar-refractivity contribution in [3.8, 4) is 40.1 Å². The first-order valence-corrected chi connectivity index (χ1v) is 18.8. The molecular weight excluding hydrogens is 721 g/mol. The second-order valence-corrected chi connectivity index (χ2v) is 13.9. The van der Waals surface area contributed by atoms with Gasteiger partial charge in [0.05, 0.1) is 24.8 Å². The lowest BCUT2D eigenvalue weighted by Gasteiger charge is -2.35. The minimum absolute atomic E-state index is 0.118. The molecule has 12 nitrogen and oxygen atoms in total. The molecule has 2 aliphatic carbocycles. The fraction of sp³-hybridized carbons (Fsp3) is 0.244. The molecule has 2 aliphatic rings. The molecule has 12 heteroatoms. The van der Waals surface area contributed by atoms with Crippen LogP contribution in [0.4, 0.5) is 5.69 Å². The Hall–Kier alpha value is -7.18. The molecule has 2 amide bonds. The van der Waals surface area contributed by atoms with E-state index in [1.807, 2.05) is 60.7 Å². The molecule has 2 heterocycles. The number of aromatic nitrogens is 2. The van der Waals surface area contributed by atoms with Crippen LogP contribution in [0.1, 0.15) is 65.7 Å². The van der Waals surface area contributed by atoms with Gasteiger partial charge in [-0.1, -0.05) is 96.5 Å². The Kier molecular flexibility index (Phi) is 13.5. The van der Waals surface area contributed by atoms with E-state index in [0.717, 1.165) is 48.5 Å². The van der Waals surface area contributed by atoms with Crippen LogP contribution in [-0.4, -0.2) is 45.9 Å². The molecule has 4 aromatic carbocycles. The number of nitriles is 1. The maximum absolute atomic E-state index is 12.3. The molecule has 0 saturated heterocycles. The maximum atomic E-state index is 12.3. The maximum Gasteiger partial charge on any atom is 0.290 e. The fourth-order valence-electron chi connectivity index (χ4n) is 6.31. The first-order chi connectivity index (χ1) is 27.8. The molecule has 0 unspecified atom stereocenters. The lowest BCUT2D eigenvalue weighted by molar-refractivity contribution is 0.0813. The molecule has 2 fully saturated rings. The zero-order chi connectivity index (χ0) is 40.0. The van der Waals surface area contributed by atoms with Crippen LogP contribution in [0.25, 0.3) is 27.4 Å². The minimum atomic E-state index is -0.244. The number of hydrogen-bond donors (Lipinski definition) is 3. The first kappa shape index (κ1) is 39.5.